The van der Waals surface area contributed by atoms with Crippen LogP contribution in [0.1, 0.15) is 49.7 Å². The Labute approximate surface area is 128 Å². The van der Waals surface area contributed by atoms with E-state index in [1.54, 1.807) is 0 Å². The summed E-state index contributed by atoms with van der Waals surface area (Å²) in [6, 6.07) is 9.29. The maximum absolute atomic E-state index is 11.6. The molecule has 116 valence electrons. The van der Waals surface area contributed by atoms with Gasteiger partial charge in [0.25, 0.3) is 0 Å². The van der Waals surface area contributed by atoms with Crippen LogP contribution >= 0.6 is 0 Å². The number of rotatable bonds is 6. The number of nitrogens with one attached hydrogen (secondary N) is 1. The van der Waals surface area contributed by atoms with E-state index in [0.717, 1.165) is 6.42 Å². The number of ether oxygens (including phenoxy) is 1. The maximum Gasteiger partial charge on any atom is 0.307 e. The van der Waals surface area contributed by atoms with Gasteiger partial charge in [0.2, 0.25) is 0 Å². The fourth-order valence-corrected chi connectivity index (χ4v) is 3.09. The number of carbonyl (C=O) groups is 1. The summed E-state index contributed by atoms with van der Waals surface area (Å²) in [7, 11) is 1.46. The van der Waals surface area contributed by atoms with E-state index >= 15 is 0 Å². The molecule has 0 radical (unpaired) electrons. The average molecular weight is 289 g/mol. The summed E-state index contributed by atoms with van der Waals surface area (Å²) in [6.45, 7) is 2.09. The minimum Gasteiger partial charge on any atom is -0.469 e. The lowest BCUT2D eigenvalue weighted by Gasteiger charge is -2.28. The molecular weight excluding hydrogens is 262 g/mol. The van der Waals surface area contributed by atoms with Gasteiger partial charge >= 0.3 is 5.97 Å². The summed E-state index contributed by atoms with van der Waals surface area (Å²) in [5, 5.41) is 3.68. The van der Waals surface area contributed by atoms with Gasteiger partial charge in [0.15, 0.2) is 0 Å². The van der Waals surface area contributed by atoms with Gasteiger partial charge in [0.1, 0.15) is 0 Å². The van der Waals surface area contributed by atoms with Gasteiger partial charge in [-0.2, -0.15) is 0 Å². The molecular formula is C18H27NO2. The summed E-state index contributed by atoms with van der Waals surface area (Å²) in [6.07, 6.45) is 7.72. The monoisotopic (exact) mass is 289 g/mol. The molecule has 1 aliphatic rings. The molecule has 0 heterocycles. The topological polar surface area (TPSA) is 38.3 Å². The molecule has 0 aliphatic heterocycles. The predicted octanol–water partition coefficient (Wildman–Crippen LogP) is 3.39. The van der Waals surface area contributed by atoms with Gasteiger partial charge in [-0.1, -0.05) is 49.1 Å². The molecule has 1 atom stereocenters. The Kier molecular flexibility index (Phi) is 6.24. The van der Waals surface area contributed by atoms with Crippen LogP contribution in [0.25, 0.3) is 0 Å². The van der Waals surface area contributed by atoms with Crippen LogP contribution in [0, 0.1) is 6.92 Å². The SMILES string of the molecule is COC(=O)CC(Cc1ccc(C)cc1)NC1CCCCC1. The second-order valence-electron chi connectivity index (χ2n) is 6.17. The number of carbonyl (C=O) groups excluding carboxylic acids is 1. The molecule has 1 N–H and O–H groups in total. The minimum atomic E-state index is -0.129. The van der Waals surface area contributed by atoms with Crippen LogP contribution in [0.5, 0.6) is 0 Å². The summed E-state index contributed by atoms with van der Waals surface area (Å²) in [5.41, 5.74) is 2.54. The largest absolute Gasteiger partial charge is 0.469 e. The van der Waals surface area contributed by atoms with Gasteiger partial charge < -0.3 is 10.1 Å². The van der Waals surface area contributed by atoms with Crippen molar-refractivity contribution in [3.63, 3.8) is 0 Å². The first-order chi connectivity index (χ1) is 10.2. The Hall–Kier alpha value is -1.35. The summed E-state index contributed by atoms with van der Waals surface area (Å²) in [4.78, 5) is 11.6. The van der Waals surface area contributed by atoms with Gasteiger partial charge in [-0.05, 0) is 31.7 Å². The lowest BCUT2D eigenvalue weighted by atomic mass is 9.93. The van der Waals surface area contributed by atoms with Crippen LogP contribution in [-0.2, 0) is 16.0 Å². The molecule has 21 heavy (non-hydrogen) atoms. The molecule has 1 unspecified atom stereocenters. The molecule has 1 aromatic rings. The van der Waals surface area contributed by atoms with Crippen molar-refractivity contribution in [1.82, 2.24) is 5.32 Å². The Bertz CT molecular complexity index is 435. The summed E-state index contributed by atoms with van der Waals surface area (Å²) in [5.74, 6) is -0.129. The van der Waals surface area contributed by atoms with E-state index in [0.29, 0.717) is 12.5 Å². The fraction of sp³-hybridized carbons (Fsp3) is 0.611. The molecule has 1 fully saturated rings. The van der Waals surface area contributed by atoms with Crippen LogP contribution < -0.4 is 5.32 Å². The van der Waals surface area contributed by atoms with Gasteiger partial charge in [0.05, 0.1) is 13.5 Å². The van der Waals surface area contributed by atoms with Crippen molar-refractivity contribution in [2.24, 2.45) is 0 Å². The zero-order valence-corrected chi connectivity index (χ0v) is 13.2. The van der Waals surface area contributed by atoms with Crippen molar-refractivity contribution < 1.29 is 9.53 Å². The molecule has 3 nitrogen and oxygen atoms in total. The highest BCUT2D eigenvalue weighted by molar-refractivity contribution is 5.70. The van der Waals surface area contributed by atoms with Crippen molar-refractivity contribution in [2.45, 2.75) is 64.0 Å². The molecule has 0 spiro atoms. The Morgan fingerprint density at radius 1 is 1.24 bits per heavy atom. The van der Waals surface area contributed by atoms with E-state index in [4.69, 9.17) is 4.74 Å². The van der Waals surface area contributed by atoms with Gasteiger partial charge in [0, 0.05) is 12.1 Å². The zero-order valence-electron chi connectivity index (χ0n) is 13.2. The average Bonchev–Trinajstić information content (AvgIpc) is 2.50. The van der Waals surface area contributed by atoms with Crippen LogP contribution in [0.4, 0.5) is 0 Å². The van der Waals surface area contributed by atoms with Crippen molar-refractivity contribution >= 4 is 5.97 Å². The highest BCUT2D eigenvalue weighted by Gasteiger charge is 2.20. The standard InChI is InChI=1S/C18H27NO2/c1-14-8-10-15(11-9-14)12-17(13-18(20)21-2)19-16-6-4-3-5-7-16/h8-11,16-17,19H,3-7,12-13H2,1-2H3. The lowest BCUT2D eigenvalue weighted by Crippen LogP contribution is -2.42. The van der Waals surface area contributed by atoms with E-state index in [1.807, 2.05) is 0 Å². The van der Waals surface area contributed by atoms with Crippen LogP contribution in [0.15, 0.2) is 24.3 Å². The van der Waals surface area contributed by atoms with E-state index in [-0.39, 0.29) is 12.0 Å². The molecule has 0 amide bonds. The second kappa shape index (κ2) is 8.18. The van der Waals surface area contributed by atoms with Crippen molar-refractivity contribution in [1.29, 1.82) is 0 Å². The molecule has 3 heteroatoms. The summed E-state index contributed by atoms with van der Waals surface area (Å²) >= 11 is 0. The summed E-state index contributed by atoms with van der Waals surface area (Å²) < 4.78 is 4.85. The van der Waals surface area contributed by atoms with Crippen molar-refractivity contribution in [3.05, 3.63) is 35.4 Å². The van der Waals surface area contributed by atoms with E-state index in [2.05, 4.69) is 36.5 Å². The number of hydrogen-bond acceptors (Lipinski definition) is 3. The number of hydrogen-bond donors (Lipinski definition) is 1. The normalized spacial score (nSPS) is 17.4. The molecule has 2 rings (SSSR count). The fourth-order valence-electron chi connectivity index (χ4n) is 3.09. The van der Waals surface area contributed by atoms with Gasteiger partial charge in [-0.25, -0.2) is 0 Å². The van der Waals surface area contributed by atoms with Gasteiger partial charge in [-0.15, -0.1) is 0 Å². The van der Waals surface area contributed by atoms with E-state index in [1.165, 1.54) is 50.3 Å². The van der Waals surface area contributed by atoms with Crippen LogP contribution in [0.3, 0.4) is 0 Å². The third-order valence-corrected chi connectivity index (χ3v) is 4.32. The highest BCUT2D eigenvalue weighted by Crippen LogP contribution is 2.19. The van der Waals surface area contributed by atoms with Crippen LogP contribution in [-0.4, -0.2) is 25.2 Å². The first-order valence-electron chi connectivity index (χ1n) is 8.06. The number of esters is 1. The first kappa shape index (κ1) is 16.0. The number of methoxy groups -OCH3 is 1. The van der Waals surface area contributed by atoms with Crippen molar-refractivity contribution in [3.8, 4) is 0 Å². The highest BCUT2D eigenvalue weighted by atomic mass is 16.5. The van der Waals surface area contributed by atoms with Crippen LogP contribution in [0.2, 0.25) is 0 Å². The molecule has 1 saturated carbocycles. The Morgan fingerprint density at radius 3 is 2.52 bits per heavy atom. The third-order valence-electron chi connectivity index (χ3n) is 4.32. The molecule has 0 aromatic heterocycles. The Morgan fingerprint density at radius 2 is 1.90 bits per heavy atom. The van der Waals surface area contributed by atoms with Crippen molar-refractivity contribution in [2.75, 3.05) is 7.11 Å². The van der Waals surface area contributed by atoms with Gasteiger partial charge in [-0.3, -0.25) is 4.79 Å². The molecule has 1 aromatic carbocycles. The predicted molar refractivity (Wildman–Crippen MR) is 85.3 cm³/mol. The minimum absolute atomic E-state index is 0.129. The maximum atomic E-state index is 11.6. The Balaban J connectivity index is 1.96. The third kappa shape index (κ3) is 5.50. The quantitative estimate of drug-likeness (QED) is 0.816. The second-order valence-corrected chi connectivity index (χ2v) is 6.17. The molecule has 0 bridgehead atoms. The van der Waals surface area contributed by atoms with E-state index in [9.17, 15) is 4.79 Å². The molecule has 1 aliphatic carbocycles. The smallest absolute Gasteiger partial charge is 0.307 e. The number of aryl methyl sites for hydroxylation is 1. The molecule has 0 saturated heterocycles. The lowest BCUT2D eigenvalue weighted by molar-refractivity contribution is -0.141. The zero-order chi connectivity index (χ0) is 15.1. The van der Waals surface area contributed by atoms with E-state index < -0.39 is 0 Å². The number of benzene rings is 1. The first-order valence-corrected chi connectivity index (χ1v) is 8.06.